The van der Waals surface area contributed by atoms with Gasteiger partial charge < -0.3 is 14.8 Å². The zero-order valence-corrected chi connectivity index (χ0v) is 23.7. The molecule has 43 heavy (non-hydrogen) atoms. The lowest BCUT2D eigenvalue weighted by molar-refractivity contribution is -0.195. The van der Waals surface area contributed by atoms with Crippen LogP contribution in [0.3, 0.4) is 0 Å². The first-order chi connectivity index (χ1) is 20.7. The number of amides is 5. The van der Waals surface area contributed by atoms with E-state index in [0.717, 1.165) is 12.8 Å². The summed E-state index contributed by atoms with van der Waals surface area (Å²) < 4.78 is 10.5. The van der Waals surface area contributed by atoms with Gasteiger partial charge in [-0.05, 0) is 44.4 Å². The summed E-state index contributed by atoms with van der Waals surface area (Å²) in [5.74, 6) is -2.42. The molecule has 0 radical (unpaired) electrons. The number of rotatable bonds is 13. The van der Waals surface area contributed by atoms with Crippen LogP contribution in [-0.4, -0.2) is 64.7 Å². The maximum Gasteiger partial charge on any atom is 0.537 e. The van der Waals surface area contributed by atoms with Crippen molar-refractivity contribution in [1.29, 1.82) is 0 Å². The van der Waals surface area contributed by atoms with E-state index in [-0.39, 0.29) is 48.8 Å². The quantitative estimate of drug-likeness (QED) is 0.155. The third-order valence-electron chi connectivity index (χ3n) is 7.60. The Morgan fingerprint density at radius 3 is 2.14 bits per heavy atom. The van der Waals surface area contributed by atoms with Crippen molar-refractivity contribution >= 4 is 41.7 Å². The van der Waals surface area contributed by atoms with E-state index >= 15 is 0 Å². The van der Waals surface area contributed by atoms with E-state index in [1.165, 1.54) is 17.1 Å². The molecule has 1 saturated heterocycles. The van der Waals surface area contributed by atoms with Gasteiger partial charge in [0, 0.05) is 56.0 Å². The highest BCUT2D eigenvalue weighted by Gasteiger charge is 2.35. The number of benzene rings is 1. The first-order valence-corrected chi connectivity index (χ1v) is 14.5. The lowest BCUT2D eigenvalue weighted by Gasteiger charge is -2.30. The lowest BCUT2D eigenvalue weighted by Crippen LogP contribution is -2.38. The summed E-state index contributed by atoms with van der Waals surface area (Å²) in [5.41, 5.74) is 0.360. The lowest BCUT2D eigenvalue weighted by atomic mass is 9.81. The second-order valence-electron chi connectivity index (χ2n) is 10.7. The van der Waals surface area contributed by atoms with Crippen LogP contribution in [0.5, 0.6) is 0 Å². The van der Waals surface area contributed by atoms with Crippen LogP contribution in [-0.2, 0) is 43.1 Å². The van der Waals surface area contributed by atoms with Gasteiger partial charge in [-0.2, -0.15) is 0 Å². The summed E-state index contributed by atoms with van der Waals surface area (Å²) >= 11 is 0. The molecule has 1 unspecified atom stereocenters. The first-order valence-electron chi connectivity index (χ1n) is 14.5. The van der Waals surface area contributed by atoms with Crippen LogP contribution >= 0.6 is 0 Å². The summed E-state index contributed by atoms with van der Waals surface area (Å²) in [6.07, 6.45) is 4.41. The predicted molar refractivity (Wildman–Crippen MR) is 147 cm³/mol. The van der Waals surface area contributed by atoms with E-state index in [0.29, 0.717) is 55.8 Å². The van der Waals surface area contributed by atoms with E-state index in [4.69, 9.17) is 14.3 Å². The summed E-state index contributed by atoms with van der Waals surface area (Å²) in [7, 11) is 0. The molecule has 0 aromatic heterocycles. The molecule has 2 heterocycles. The fourth-order valence-electron chi connectivity index (χ4n) is 5.19. The van der Waals surface area contributed by atoms with Crippen LogP contribution in [0.4, 0.5) is 4.79 Å². The van der Waals surface area contributed by atoms with Crippen LogP contribution in [0.2, 0.25) is 0 Å². The van der Waals surface area contributed by atoms with Gasteiger partial charge in [0.05, 0.1) is 0 Å². The summed E-state index contributed by atoms with van der Waals surface area (Å²) in [4.78, 5) is 90.2. The van der Waals surface area contributed by atoms with Gasteiger partial charge in [0.15, 0.2) is 0 Å². The van der Waals surface area contributed by atoms with Crippen molar-refractivity contribution in [2.45, 2.75) is 70.5 Å². The smallest absolute Gasteiger partial charge is 0.420 e. The highest BCUT2D eigenvalue weighted by Crippen LogP contribution is 2.30. The average molecular weight is 598 g/mol. The Hall–Kier alpha value is -4.55. The number of esters is 1. The molecule has 1 N–H and O–H groups in total. The predicted octanol–water partition coefficient (Wildman–Crippen LogP) is 2.85. The highest BCUT2D eigenvalue weighted by molar-refractivity contribution is 6.12. The molecule has 13 nitrogen and oxygen atoms in total. The minimum atomic E-state index is -1.43. The maximum absolute atomic E-state index is 12.6. The van der Waals surface area contributed by atoms with Gasteiger partial charge in [-0.25, -0.2) is 4.79 Å². The third-order valence-corrected chi connectivity index (χ3v) is 7.60. The maximum atomic E-state index is 12.6. The zero-order chi connectivity index (χ0) is 30.8. The number of ether oxygens (including phenoxy) is 2. The van der Waals surface area contributed by atoms with E-state index in [9.17, 15) is 33.6 Å². The van der Waals surface area contributed by atoms with Crippen molar-refractivity contribution in [2.24, 2.45) is 11.8 Å². The molecule has 3 aliphatic rings. The number of unbranched alkanes of at least 4 members (excludes halogenated alkanes) is 2. The Balaban J connectivity index is 1.11. The number of carbonyl (C=O) groups is 7. The molecular formula is C30H35N3O10. The Morgan fingerprint density at radius 2 is 1.49 bits per heavy atom. The first kappa shape index (κ1) is 31.4. The van der Waals surface area contributed by atoms with Gasteiger partial charge in [-0.1, -0.05) is 41.8 Å². The molecule has 2 aliphatic heterocycles. The third kappa shape index (κ3) is 8.97. The van der Waals surface area contributed by atoms with E-state index in [1.807, 2.05) is 0 Å². The minimum Gasteiger partial charge on any atom is -0.420 e. The monoisotopic (exact) mass is 597 g/mol. The van der Waals surface area contributed by atoms with Crippen LogP contribution in [0.25, 0.3) is 0 Å². The Labute approximate surface area is 248 Å². The molecule has 5 amide bonds. The zero-order valence-electron chi connectivity index (χ0n) is 23.7. The number of imide groups is 2. The summed E-state index contributed by atoms with van der Waals surface area (Å²) in [5, 5.41) is 3.29. The summed E-state index contributed by atoms with van der Waals surface area (Å²) in [6, 6.07) is 8.22. The van der Waals surface area contributed by atoms with Crippen molar-refractivity contribution in [2.75, 3.05) is 13.1 Å². The molecule has 230 valence electrons. The minimum absolute atomic E-state index is 0.0140. The summed E-state index contributed by atoms with van der Waals surface area (Å²) in [6.45, 7) is 0.857. The number of hydrogen-bond acceptors (Lipinski definition) is 10. The van der Waals surface area contributed by atoms with Gasteiger partial charge in [0.2, 0.25) is 5.91 Å². The molecule has 1 aromatic rings. The van der Waals surface area contributed by atoms with Gasteiger partial charge in [-0.15, -0.1) is 0 Å². The van der Waals surface area contributed by atoms with E-state index in [1.54, 1.807) is 30.3 Å². The van der Waals surface area contributed by atoms with Crippen LogP contribution in [0.1, 0.15) is 76.1 Å². The molecule has 1 aromatic carbocycles. The van der Waals surface area contributed by atoms with Crippen LogP contribution in [0.15, 0.2) is 42.5 Å². The SMILES string of the molecule is O=C(CCCCCNC(=O)C1CCC(CN2C(=O)C=CC2=O)CC1)OC(OC(=O)ON1C(=O)CCC1=O)c1ccccc1. The van der Waals surface area contributed by atoms with E-state index in [2.05, 4.69) is 5.32 Å². The van der Waals surface area contributed by atoms with Gasteiger partial charge in [0.25, 0.3) is 29.9 Å². The van der Waals surface area contributed by atoms with Gasteiger partial charge in [0.1, 0.15) is 0 Å². The number of nitrogens with zero attached hydrogens (tertiary/aromatic N) is 2. The number of nitrogens with one attached hydrogen (secondary N) is 1. The Kier molecular flexibility index (Phi) is 11.0. The van der Waals surface area contributed by atoms with Crippen LogP contribution < -0.4 is 5.32 Å². The molecule has 0 bridgehead atoms. The molecule has 2 fully saturated rings. The fourth-order valence-corrected chi connectivity index (χ4v) is 5.19. The fraction of sp³-hybridized carbons (Fsp3) is 0.500. The largest absolute Gasteiger partial charge is 0.537 e. The molecule has 0 spiro atoms. The topological polar surface area (TPSA) is 166 Å². The van der Waals surface area contributed by atoms with E-state index < -0.39 is 30.2 Å². The molecule has 1 saturated carbocycles. The second-order valence-corrected chi connectivity index (χ2v) is 10.7. The Morgan fingerprint density at radius 1 is 0.837 bits per heavy atom. The van der Waals surface area contributed by atoms with Crippen molar-refractivity contribution < 1.29 is 47.9 Å². The number of carbonyl (C=O) groups excluding carboxylic acids is 7. The average Bonchev–Trinajstić information content (AvgIpc) is 3.49. The van der Waals surface area contributed by atoms with Crippen molar-refractivity contribution in [3.8, 4) is 0 Å². The molecule has 13 heteroatoms. The van der Waals surface area contributed by atoms with Crippen molar-refractivity contribution in [3.63, 3.8) is 0 Å². The normalized spacial score (nSPS) is 20.7. The second kappa shape index (κ2) is 15.1. The van der Waals surface area contributed by atoms with Gasteiger partial charge >= 0.3 is 12.1 Å². The highest BCUT2D eigenvalue weighted by atomic mass is 16.9. The van der Waals surface area contributed by atoms with Crippen LogP contribution in [0, 0.1) is 11.8 Å². The molecule has 1 atom stereocenters. The molecule has 4 rings (SSSR count). The number of hydrogen-bond donors (Lipinski definition) is 1. The van der Waals surface area contributed by atoms with Gasteiger partial charge in [-0.3, -0.25) is 38.5 Å². The van der Waals surface area contributed by atoms with Crippen molar-refractivity contribution in [1.82, 2.24) is 15.3 Å². The van der Waals surface area contributed by atoms with Crippen molar-refractivity contribution in [3.05, 3.63) is 48.0 Å². The standard InChI is InChI=1S/C30H35N3O10/c34-23-14-15-24(35)32(23)19-20-10-12-21(13-11-20)28(39)31-18-6-2-5-9-27(38)41-29(22-7-3-1-4-8-22)42-30(40)43-33-25(36)16-17-26(33)37/h1,3-4,7-8,14-15,20-21,29H,2,5-6,9-13,16-19H2,(H,31,39). The molecular weight excluding hydrogens is 562 g/mol. The number of hydroxylamine groups is 2. The molecule has 1 aliphatic carbocycles. The Bertz CT molecular complexity index is 1220.